The lowest BCUT2D eigenvalue weighted by Gasteiger charge is -2.20. The van der Waals surface area contributed by atoms with Gasteiger partial charge in [-0.1, -0.05) is 24.3 Å². The maximum absolute atomic E-state index is 12.6. The number of amides is 2. The van der Waals surface area contributed by atoms with Crippen molar-refractivity contribution in [3.63, 3.8) is 0 Å². The van der Waals surface area contributed by atoms with Crippen LogP contribution in [0, 0.1) is 0 Å². The van der Waals surface area contributed by atoms with Crippen LogP contribution in [0.5, 0.6) is 0 Å². The van der Waals surface area contributed by atoms with E-state index in [0.717, 1.165) is 0 Å². The summed E-state index contributed by atoms with van der Waals surface area (Å²) in [5, 5.41) is 2.72. The Morgan fingerprint density at radius 3 is 2.09 bits per heavy atom. The van der Waals surface area contributed by atoms with Crippen LogP contribution in [-0.4, -0.2) is 30.7 Å². The maximum Gasteiger partial charge on any atom is 0.321 e. The second-order valence-corrected chi connectivity index (χ2v) is 5.32. The van der Waals surface area contributed by atoms with Gasteiger partial charge in [0.25, 0.3) is 0 Å². The number of nitrogens with one attached hydrogen (secondary N) is 1. The molecular formula is C17H12N2O3. The van der Waals surface area contributed by atoms with Gasteiger partial charge in [-0.15, -0.1) is 0 Å². The SMILES string of the molecule is O=C1c2ccccc2C(=O)c2cc(N3CCNC3=O)ccc21. The average Bonchev–Trinajstić information content (AvgIpc) is 2.98. The number of carbonyl (C=O) groups excluding carboxylic acids is 3. The molecule has 0 radical (unpaired) electrons. The molecule has 0 aromatic heterocycles. The number of hydrogen-bond acceptors (Lipinski definition) is 3. The molecule has 4 rings (SSSR count). The average molecular weight is 292 g/mol. The molecule has 1 fully saturated rings. The number of benzene rings is 2. The van der Waals surface area contributed by atoms with E-state index >= 15 is 0 Å². The van der Waals surface area contributed by atoms with Gasteiger partial charge in [0.1, 0.15) is 0 Å². The lowest BCUT2D eigenvalue weighted by Crippen LogP contribution is -2.28. The molecule has 1 N–H and O–H groups in total. The highest BCUT2D eigenvalue weighted by atomic mass is 16.2. The van der Waals surface area contributed by atoms with Crippen LogP contribution >= 0.6 is 0 Å². The van der Waals surface area contributed by atoms with Gasteiger partial charge in [0.2, 0.25) is 0 Å². The Morgan fingerprint density at radius 2 is 1.45 bits per heavy atom. The van der Waals surface area contributed by atoms with Gasteiger partial charge in [-0.25, -0.2) is 4.79 Å². The van der Waals surface area contributed by atoms with Crippen molar-refractivity contribution >= 4 is 23.3 Å². The second-order valence-electron chi connectivity index (χ2n) is 5.32. The molecule has 1 heterocycles. The molecule has 2 aliphatic rings. The van der Waals surface area contributed by atoms with Crippen LogP contribution in [0.4, 0.5) is 10.5 Å². The number of urea groups is 1. The van der Waals surface area contributed by atoms with E-state index in [1.165, 1.54) is 0 Å². The third kappa shape index (κ3) is 1.69. The summed E-state index contributed by atoms with van der Waals surface area (Å²) in [5.41, 5.74) is 2.25. The molecule has 1 saturated heterocycles. The van der Waals surface area contributed by atoms with Crippen molar-refractivity contribution in [3.8, 4) is 0 Å². The zero-order valence-electron chi connectivity index (χ0n) is 11.6. The van der Waals surface area contributed by atoms with E-state index in [9.17, 15) is 14.4 Å². The molecule has 1 aliphatic heterocycles. The summed E-state index contributed by atoms with van der Waals surface area (Å²) in [6.45, 7) is 1.13. The summed E-state index contributed by atoms with van der Waals surface area (Å²) in [6, 6.07) is 11.6. The standard InChI is InChI=1S/C17H12N2O3/c20-15-11-3-1-2-4-12(11)16(21)14-9-10(5-6-13(14)15)19-8-7-18-17(19)22/h1-6,9H,7-8H2,(H,18,22). The minimum Gasteiger partial charge on any atom is -0.336 e. The Bertz CT molecular complexity index is 842. The molecular weight excluding hydrogens is 280 g/mol. The molecule has 0 spiro atoms. The van der Waals surface area contributed by atoms with Crippen LogP contribution in [0.1, 0.15) is 31.8 Å². The molecule has 0 unspecified atom stereocenters. The van der Waals surface area contributed by atoms with Crippen LogP contribution in [0.15, 0.2) is 42.5 Å². The third-order valence-electron chi connectivity index (χ3n) is 4.08. The van der Waals surface area contributed by atoms with Gasteiger partial charge in [-0.3, -0.25) is 14.5 Å². The van der Waals surface area contributed by atoms with E-state index < -0.39 is 0 Å². The number of hydrogen-bond donors (Lipinski definition) is 1. The molecule has 0 bridgehead atoms. The molecule has 2 aromatic rings. The molecule has 5 heteroatoms. The molecule has 108 valence electrons. The second kappa shape index (κ2) is 4.53. The summed E-state index contributed by atoms with van der Waals surface area (Å²) < 4.78 is 0. The number of ketones is 2. The van der Waals surface area contributed by atoms with Crippen LogP contribution in [0.25, 0.3) is 0 Å². The smallest absolute Gasteiger partial charge is 0.321 e. The Kier molecular flexibility index (Phi) is 2.63. The first-order chi connectivity index (χ1) is 10.7. The minimum absolute atomic E-state index is 0.150. The van der Waals surface area contributed by atoms with Crippen molar-refractivity contribution in [2.75, 3.05) is 18.0 Å². The van der Waals surface area contributed by atoms with E-state index in [-0.39, 0.29) is 17.6 Å². The van der Waals surface area contributed by atoms with E-state index in [4.69, 9.17) is 0 Å². The van der Waals surface area contributed by atoms with Crippen LogP contribution in [0.2, 0.25) is 0 Å². The normalized spacial score (nSPS) is 16.4. The van der Waals surface area contributed by atoms with Gasteiger partial charge in [-0.2, -0.15) is 0 Å². The fourth-order valence-corrected chi connectivity index (χ4v) is 2.97. The summed E-state index contributed by atoms with van der Waals surface area (Å²) in [6.07, 6.45) is 0. The first kappa shape index (κ1) is 12.8. The Labute approximate surface area is 126 Å². The number of rotatable bonds is 1. The Hall–Kier alpha value is -2.95. The number of anilines is 1. The molecule has 22 heavy (non-hydrogen) atoms. The lowest BCUT2D eigenvalue weighted by atomic mass is 9.84. The largest absolute Gasteiger partial charge is 0.336 e. The van der Waals surface area contributed by atoms with E-state index in [1.54, 1.807) is 47.4 Å². The molecule has 1 aliphatic carbocycles. The number of nitrogens with zero attached hydrogens (tertiary/aromatic N) is 1. The zero-order chi connectivity index (χ0) is 15.3. The molecule has 2 amide bonds. The third-order valence-corrected chi connectivity index (χ3v) is 4.08. The van der Waals surface area contributed by atoms with E-state index in [0.29, 0.717) is 41.0 Å². The quantitative estimate of drug-likeness (QED) is 0.746. The van der Waals surface area contributed by atoms with Gasteiger partial charge in [0.15, 0.2) is 11.6 Å². The van der Waals surface area contributed by atoms with Crippen molar-refractivity contribution in [3.05, 3.63) is 64.7 Å². The minimum atomic E-state index is -0.185. The summed E-state index contributed by atoms with van der Waals surface area (Å²) >= 11 is 0. The molecule has 5 nitrogen and oxygen atoms in total. The van der Waals surface area contributed by atoms with E-state index in [1.807, 2.05) is 0 Å². The van der Waals surface area contributed by atoms with Gasteiger partial charge < -0.3 is 5.32 Å². The highest BCUT2D eigenvalue weighted by Crippen LogP contribution is 2.30. The van der Waals surface area contributed by atoms with Gasteiger partial charge in [0, 0.05) is 41.0 Å². The summed E-state index contributed by atoms with van der Waals surface area (Å²) in [5.74, 6) is -0.325. The summed E-state index contributed by atoms with van der Waals surface area (Å²) in [4.78, 5) is 38.5. The van der Waals surface area contributed by atoms with Crippen LogP contribution in [0.3, 0.4) is 0 Å². The van der Waals surface area contributed by atoms with Gasteiger partial charge >= 0.3 is 6.03 Å². The highest BCUT2D eigenvalue weighted by molar-refractivity contribution is 6.28. The highest BCUT2D eigenvalue weighted by Gasteiger charge is 2.31. The van der Waals surface area contributed by atoms with Gasteiger partial charge in [0.05, 0.1) is 0 Å². The monoisotopic (exact) mass is 292 g/mol. The maximum atomic E-state index is 12.6. The first-order valence-electron chi connectivity index (χ1n) is 7.04. The topological polar surface area (TPSA) is 66.5 Å². The number of fused-ring (bicyclic) bond motifs is 2. The van der Waals surface area contributed by atoms with E-state index in [2.05, 4.69) is 5.32 Å². The van der Waals surface area contributed by atoms with Gasteiger partial charge in [-0.05, 0) is 18.2 Å². The van der Waals surface area contributed by atoms with Crippen LogP contribution in [-0.2, 0) is 0 Å². The van der Waals surface area contributed by atoms with Crippen molar-refractivity contribution in [2.45, 2.75) is 0 Å². The predicted octanol–water partition coefficient (Wildman–Crippen LogP) is 1.99. The number of carbonyl (C=O) groups is 3. The molecule has 0 atom stereocenters. The zero-order valence-corrected chi connectivity index (χ0v) is 11.6. The molecule has 2 aromatic carbocycles. The molecule has 0 saturated carbocycles. The van der Waals surface area contributed by atoms with Crippen molar-refractivity contribution in [1.82, 2.24) is 5.32 Å². The Balaban J connectivity index is 1.85. The van der Waals surface area contributed by atoms with Crippen LogP contribution < -0.4 is 10.2 Å². The fourth-order valence-electron chi connectivity index (χ4n) is 2.97. The van der Waals surface area contributed by atoms with Crippen molar-refractivity contribution < 1.29 is 14.4 Å². The Morgan fingerprint density at radius 1 is 0.818 bits per heavy atom. The first-order valence-corrected chi connectivity index (χ1v) is 7.04. The fraction of sp³-hybridized carbons (Fsp3) is 0.118. The lowest BCUT2D eigenvalue weighted by molar-refractivity contribution is 0.0979. The van der Waals surface area contributed by atoms with Crippen molar-refractivity contribution in [1.29, 1.82) is 0 Å². The summed E-state index contributed by atoms with van der Waals surface area (Å²) in [7, 11) is 0. The predicted molar refractivity (Wildman–Crippen MR) is 80.5 cm³/mol. The van der Waals surface area contributed by atoms with Crippen molar-refractivity contribution in [2.24, 2.45) is 0 Å².